The van der Waals surface area contributed by atoms with Gasteiger partial charge >= 0.3 is 0 Å². The summed E-state index contributed by atoms with van der Waals surface area (Å²) in [6, 6.07) is 15.3. The third-order valence-corrected chi connectivity index (χ3v) is 4.82. The average Bonchev–Trinajstić information content (AvgIpc) is 3.22. The van der Waals surface area contributed by atoms with Crippen LogP contribution < -0.4 is 10.1 Å². The molecular weight excluding hydrogens is 352 g/mol. The van der Waals surface area contributed by atoms with Crippen molar-refractivity contribution in [1.29, 1.82) is 0 Å². The molecule has 0 fully saturated rings. The van der Waals surface area contributed by atoms with Crippen molar-refractivity contribution >= 4 is 22.5 Å². The molecule has 0 radical (unpaired) electrons. The van der Waals surface area contributed by atoms with Crippen LogP contribution in [0.4, 0.5) is 5.69 Å². The monoisotopic (exact) mass is 374 g/mol. The molecule has 6 heteroatoms. The number of anilines is 1. The molecule has 142 valence electrons. The Morgan fingerprint density at radius 3 is 2.61 bits per heavy atom. The summed E-state index contributed by atoms with van der Waals surface area (Å²) in [7, 11) is 3.60. The second kappa shape index (κ2) is 6.88. The SMILES string of the molecule is COc1cc(NC(=O)c2ccc3c(ccn3C)c2)ccc1-n1nc(C)cc1C. The van der Waals surface area contributed by atoms with E-state index in [2.05, 4.69) is 10.4 Å². The number of hydrogen-bond acceptors (Lipinski definition) is 3. The lowest BCUT2D eigenvalue weighted by Crippen LogP contribution is -2.12. The van der Waals surface area contributed by atoms with Gasteiger partial charge in [-0.3, -0.25) is 4.79 Å². The van der Waals surface area contributed by atoms with Crippen LogP contribution in [0.25, 0.3) is 16.6 Å². The molecule has 0 bridgehead atoms. The summed E-state index contributed by atoms with van der Waals surface area (Å²) < 4.78 is 9.40. The maximum absolute atomic E-state index is 12.7. The van der Waals surface area contributed by atoms with Gasteiger partial charge in [-0.15, -0.1) is 0 Å². The lowest BCUT2D eigenvalue weighted by molar-refractivity contribution is 0.102. The molecule has 2 heterocycles. The van der Waals surface area contributed by atoms with Crippen LogP contribution in [0, 0.1) is 13.8 Å². The second-order valence-corrected chi connectivity index (χ2v) is 6.88. The van der Waals surface area contributed by atoms with Crippen LogP contribution in [-0.4, -0.2) is 27.4 Å². The van der Waals surface area contributed by atoms with Crippen molar-refractivity contribution in [2.45, 2.75) is 13.8 Å². The summed E-state index contributed by atoms with van der Waals surface area (Å²) in [5.41, 5.74) is 5.15. The van der Waals surface area contributed by atoms with E-state index in [0.29, 0.717) is 17.0 Å². The molecule has 2 aromatic carbocycles. The first-order valence-electron chi connectivity index (χ1n) is 9.04. The first-order valence-corrected chi connectivity index (χ1v) is 9.04. The normalized spacial score (nSPS) is 11.0. The minimum absolute atomic E-state index is 0.160. The third kappa shape index (κ3) is 3.13. The number of carbonyl (C=O) groups is 1. The molecule has 0 aliphatic rings. The Kier molecular flexibility index (Phi) is 4.39. The van der Waals surface area contributed by atoms with Crippen molar-refractivity contribution < 1.29 is 9.53 Å². The zero-order valence-corrected chi connectivity index (χ0v) is 16.4. The van der Waals surface area contributed by atoms with E-state index in [-0.39, 0.29) is 5.91 Å². The van der Waals surface area contributed by atoms with Crippen molar-refractivity contribution in [1.82, 2.24) is 14.3 Å². The van der Waals surface area contributed by atoms with E-state index in [1.165, 1.54) is 0 Å². The van der Waals surface area contributed by atoms with Gasteiger partial charge in [-0.05, 0) is 56.3 Å². The van der Waals surface area contributed by atoms with Gasteiger partial charge in [0, 0.05) is 47.2 Å². The average molecular weight is 374 g/mol. The van der Waals surface area contributed by atoms with Crippen LogP contribution in [0.5, 0.6) is 5.75 Å². The highest BCUT2D eigenvalue weighted by molar-refractivity contribution is 6.06. The molecule has 0 unspecified atom stereocenters. The Morgan fingerprint density at radius 2 is 1.89 bits per heavy atom. The molecule has 0 saturated carbocycles. The molecule has 2 aromatic heterocycles. The number of amides is 1. The van der Waals surface area contributed by atoms with Crippen molar-refractivity contribution in [3.63, 3.8) is 0 Å². The number of hydrogen-bond donors (Lipinski definition) is 1. The van der Waals surface area contributed by atoms with E-state index in [1.54, 1.807) is 7.11 Å². The van der Waals surface area contributed by atoms with E-state index in [1.807, 2.05) is 84.9 Å². The number of methoxy groups -OCH3 is 1. The van der Waals surface area contributed by atoms with Gasteiger partial charge in [0.1, 0.15) is 11.4 Å². The van der Waals surface area contributed by atoms with Gasteiger partial charge in [0.25, 0.3) is 5.91 Å². The summed E-state index contributed by atoms with van der Waals surface area (Å²) >= 11 is 0. The Hall–Kier alpha value is -3.54. The largest absolute Gasteiger partial charge is 0.494 e. The summed E-state index contributed by atoms with van der Waals surface area (Å²) in [6.45, 7) is 3.95. The van der Waals surface area contributed by atoms with E-state index in [4.69, 9.17) is 4.74 Å². The number of carbonyl (C=O) groups excluding carboxylic acids is 1. The number of nitrogens with zero attached hydrogens (tertiary/aromatic N) is 3. The van der Waals surface area contributed by atoms with Crippen LogP contribution in [0.15, 0.2) is 54.7 Å². The predicted octanol–water partition coefficient (Wildman–Crippen LogP) is 4.24. The molecule has 1 amide bonds. The summed E-state index contributed by atoms with van der Waals surface area (Å²) in [5, 5.41) is 8.49. The zero-order chi connectivity index (χ0) is 19.8. The standard InChI is InChI=1S/C22H22N4O2/c1-14-11-15(2)26(24-14)20-8-6-18(13-21(20)28-4)23-22(27)17-5-7-19-16(12-17)9-10-25(19)3/h5-13H,1-4H3,(H,23,27). The van der Waals surface area contributed by atoms with E-state index in [0.717, 1.165) is 28.0 Å². The van der Waals surface area contributed by atoms with Gasteiger partial charge in [0.15, 0.2) is 0 Å². The predicted molar refractivity (Wildman–Crippen MR) is 110 cm³/mol. The van der Waals surface area contributed by atoms with Crippen molar-refractivity contribution in [3.05, 3.63) is 71.7 Å². The van der Waals surface area contributed by atoms with Crippen molar-refractivity contribution in [2.75, 3.05) is 12.4 Å². The maximum atomic E-state index is 12.7. The van der Waals surface area contributed by atoms with Crippen molar-refractivity contribution in [2.24, 2.45) is 7.05 Å². The van der Waals surface area contributed by atoms with E-state index < -0.39 is 0 Å². The third-order valence-electron chi connectivity index (χ3n) is 4.82. The highest BCUT2D eigenvalue weighted by atomic mass is 16.5. The Labute approximate surface area is 163 Å². The number of aromatic nitrogens is 3. The molecule has 28 heavy (non-hydrogen) atoms. The Bertz CT molecular complexity index is 1190. The number of nitrogens with one attached hydrogen (secondary N) is 1. The molecule has 0 atom stereocenters. The number of aryl methyl sites for hydroxylation is 3. The van der Waals surface area contributed by atoms with Gasteiger partial charge in [0.05, 0.1) is 12.8 Å². The van der Waals surface area contributed by atoms with Crippen LogP contribution in [0.2, 0.25) is 0 Å². The summed E-state index contributed by atoms with van der Waals surface area (Å²) in [6.07, 6.45) is 1.98. The molecule has 6 nitrogen and oxygen atoms in total. The smallest absolute Gasteiger partial charge is 0.255 e. The van der Waals surface area contributed by atoms with Crippen molar-refractivity contribution in [3.8, 4) is 11.4 Å². The highest BCUT2D eigenvalue weighted by Crippen LogP contribution is 2.28. The highest BCUT2D eigenvalue weighted by Gasteiger charge is 2.13. The Balaban J connectivity index is 1.62. The van der Waals surface area contributed by atoms with Crippen LogP contribution in [-0.2, 0) is 7.05 Å². The molecule has 0 spiro atoms. The van der Waals surface area contributed by atoms with Gasteiger partial charge in [0.2, 0.25) is 0 Å². The molecular formula is C22H22N4O2. The van der Waals surface area contributed by atoms with E-state index >= 15 is 0 Å². The van der Waals surface area contributed by atoms with Gasteiger partial charge < -0.3 is 14.6 Å². The summed E-state index contributed by atoms with van der Waals surface area (Å²) in [5.74, 6) is 0.481. The molecule has 4 rings (SSSR count). The molecule has 0 aliphatic carbocycles. The summed E-state index contributed by atoms with van der Waals surface area (Å²) in [4.78, 5) is 12.7. The van der Waals surface area contributed by atoms with Crippen LogP contribution in [0.3, 0.4) is 0 Å². The minimum Gasteiger partial charge on any atom is -0.494 e. The number of rotatable bonds is 4. The van der Waals surface area contributed by atoms with Crippen LogP contribution >= 0.6 is 0 Å². The number of fused-ring (bicyclic) bond motifs is 1. The second-order valence-electron chi connectivity index (χ2n) is 6.88. The lowest BCUT2D eigenvalue weighted by Gasteiger charge is -2.13. The molecule has 4 aromatic rings. The maximum Gasteiger partial charge on any atom is 0.255 e. The lowest BCUT2D eigenvalue weighted by atomic mass is 10.1. The quantitative estimate of drug-likeness (QED) is 0.581. The Morgan fingerprint density at radius 1 is 1.07 bits per heavy atom. The fourth-order valence-corrected chi connectivity index (χ4v) is 3.43. The molecule has 0 saturated heterocycles. The fraction of sp³-hybridized carbons (Fsp3) is 0.182. The first-order chi connectivity index (χ1) is 13.5. The number of ether oxygens (including phenoxy) is 1. The fourth-order valence-electron chi connectivity index (χ4n) is 3.43. The molecule has 0 aliphatic heterocycles. The topological polar surface area (TPSA) is 61.1 Å². The zero-order valence-electron chi connectivity index (χ0n) is 16.4. The van der Waals surface area contributed by atoms with E-state index in [9.17, 15) is 4.79 Å². The van der Waals surface area contributed by atoms with Crippen LogP contribution in [0.1, 0.15) is 21.7 Å². The number of benzene rings is 2. The van der Waals surface area contributed by atoms with Gasteiger partial charge in [-0.1, -0.05) is 0 Å². The molecule has 1 N–H and O–H groups in total. The first kappa shape index (κ1) is 17.9. The van der Waals surface area contributed by atoms with Gasteiger partial charge in [-0.25, -0.2) is 4.68 Å². The van der Waals surface area contributed by atoms with Gasteiger partial charge in [-0.2, -0.15) is 5.10 Å². The minimum atomic E-state index is -0.160.